The van der Waals surface area contributed by atoms with E-state index in [4.69, 9.17) is 16.3 Å². The van der Waals surface area contributed by atoms with E-state index in [1.807, 2.05) is 78.9 Å². The van der Waals surface area contributed by atoms with Crippen LogP contribution in [0, 0.1) is 11.3 Å². The lowest BCUT2D eigenvalue weighted by Crippen LogP contribution is -2.16. The lowest BCUT2D eigenvalue weighted by molar-refractivity contribution is 0.399. The van der Waals surface area contributed by atoms with Crippen LogP contribution in [0.1, 0.15) is 22.6 Å². The Bertz CT molecular complexity index is 1370. The van der Waals surface area contributed by atoms with Crippen LogP contribution >= 0.6 is 11.6 Å². The first-order valence-corrected chi connectivity index (χ1v) is 10.2. The first-order chi connectivity index (χ1) is 15.2. The molecule has 0 amide bonds. The van der Waals surface area contributed by atoms with Crippen molar-refractivity contribution in [1.82, 2.24) is 4.98 Å². The summed E-state index contributed by atoms with van der Waals surface area (Å²) in [5, 5.41) is 11.7. The Morgan fingerprint density at radius 3 is 2.55 bits per heavy atom. The molecule has 31 heavy (non-hydrogen) atoms. The molecule has 1 aliphatic heterocycles. The summed E-state index contributed by atoms with van der Waals surface area (Å²) in [6.45, 7) is 0. The summed E-state index contributed by atoms with van der Waals surface area (Å²) in [6.07, 6.45) is 3.44. The molecule has 4 aromatic rings. The van der Waals surface area contributed by atoms with Gasteiger partial charge in [0.2, 0.25) is 5.88 Å². The Kier molecular flexibility index (Phi) is 4.95. The Balaban J connectivity index is 1.72. The summed E-state index contributed by atoms with van der Waals surface area (Å²) in [5.74, 6) is 0.564. The van der Waals surface area contributed by atoms with Crippen molar-refractivity contribution in [1.29, 1.82) is 5.26 Å². The molecule has 148 valence electrons. The van der Waals surface area contributed by atoms with E-state index in [9.17, 15) is 5.26 Å². The van der Waals surface area contributed by atoms with E-state index in [2.05, 4.69) is 16.0 Å². The fourth-order valence-electron chi connectivity index (χ4n) is 3.78. The zero-order valence-electron chi connectivity index (χ0n) is 16.4. The van der Waals surface area contributed by atoms with Crippen molar-refractivity contribution in [3.05, 3.63) is 118 Å². The third-order valence-corrected chi connectivity index (χ3v) is 5.49. The molecule has 5 rings (SSSR count). The van der Waals surface area contributed by atoms with Gasteiger partial charge in [-0.25, -0.2) is 4.99 Å². The van der Waals surface area contributed by atoms with E-state index < -0.39 is 0 Å². The molecule has 1 unspecified atom stereocenters. The Labute approximate surface area is 184 Å². The minimum absolute atomic E-state index is 0.275. The molecular formula is C26H16ClN3O. The maximum absolute atomic E-state index is 10.1. The maximum Gasteiger partial charge on any atom is 0.234 e. The summed E-state index contributed by atoms with van der Waals surface area (Å²) in [4.78, 5) is 9.10. The molecule has 1 aliphatic rings. The summed E-state index contributed by atoms with van der Waals surface area (Å²) in [6, 6.07) is 27.4. The van der Waals surface area contributed by atoms with E-state index >= 15 is 0 Å². The van der Waals surface area contributed by atoms with Gasteiger partial charge in [0, 0.05) is 28.4 Å². The van der Waals surface area contributed by atoms with Crippen molar-refractivity contribution >= 4 is 28.7 Å². The van der Waals surface area contributed by atoms with Crippen LogP contribution in [0.25, 0.3) is 10.9 Å². The second-order valence-electron chi connectivity index (χ2n) is 7.15. The van der Waals surface area contributed by atoms with Crippen LogP contribution in [-0.4, -0.2) is 11.2 Å². The lowest BCUT2D eigenvalue weighted by atomic mass is 9.83. The maximum atomic E-state index is 10.1. The predicted octanol–water partition coefficient (Wildman–Crippen LogP) is 6.27. The average molecular weight is 422 g/mol. The second-order valence-corrected chi connectivity index (χ2v) is 7.58. The Morgan fingerprint density at radius 2 is 1.77 bits per heavy atom. The van der Waals surface area contributed by atoms with Gasteiger partial charge in [-0.2, -0.15) is 5.26 Å². The number of benzene rings is 3. The van der Waals surface area contributed by atoms with Gasteiger partial charge in [-0.05, 0) is 29.3 Å². The molecule has 0 fully saturated rings. The standard InChI is InChI=1S/C26H16ClN3O/c27-20-11-8-18(9-12-20)23-21-13-10-19-7-4-14-29-24(19)25(21)31-26(22(23)15-28)30-16-17-5-2-1-3-6-17/h1-14,16,23H/b30-16+. The van der Waals surface area contributed by atoms with Crippen molar-refractivity contribution in [2.45, 2.75) is 5.92 Å². The van der Waals surface area contributed by atoms with Gasteiger partial charge in [0.05, 0.1) is 5.92 Å². The number of hydrogen-bond donors (Lipinski definition) is 0. The van der Waals surface area contributed by atoms with Crippen LogP contribution in [0.4, 0.5) is 0 Å². The van der Waals surface area contributed by atoms with Crippen LogP contribution in [0.5, 0.6) is 5.75 Å². The second kappa shape index (κ2) is 8.06. The summed E-state index contributed by atoms with van der Waals surface area (Å²) >= 11 is 6.11. The van der Waals surface area contributed by atoms with Crippen LogP contribution in [0.2, 0.25) is 5.02 Å². The molecule has 0 saturated carbocycles. The first kappa shape index (κ1) is 19.0. The van der Waals surface area contributed by atoms with Crippen molar-refractivity contribution in [3.8, 4) is 11.8 Å². The molecule has 0 saturated heterocycles. The molecule has 2 heterocycles. The number of rotatable bonds is 3. The minimum atomic E-state index is -0.333. The minimum Gasteiger partial charge on any atom is -0.435 e. The predicted molar refractivity (Wildman–Crippen MR) is 122 cm³/mol. The highest BCUT2D eigenvalue weighted by Crippen LogP contribution is 2.46. The van der Waals surface area contributed by atoms with Crippen LogP contribution in [0.3, 0.4) is 0 Å². The smallest absolute Gasteiger partial charge is 0.234 e. The number of allylic oxidation sites excluding steroid dienone is 1. The van der Waals surface area contributed by atoms with Gasteiger partial charge in [0.15, 0.2) is 5.75 Å². The third kappa shape index (κ3) is 3.56. The monoisotopic (exact) mass is 421 g/mol. The number of fused-ring (bicyclic) bond motifs is 3. The average Bonchev–Trinajstić information content (AvgIpc) is 2.83. The number of halogens is 1. The molecule has 4 nitrogen and oxygen atoms in total. The van der Waals surface area contributed by atoms with Crippen LogP contribution < -0.4 is 4.74 Å². The fourth-order valence-corrected chi connectivity index (χ4v) is 3.91. The van der Waals surface area contributed by atoms with Gasteiger partial charge in [0.25, 0.3) is 0 Å². The number of hydrogen-bond acceptors (Lipinski definition) is 4. The van der Waals surface area contributed by atoms with Crippen LogP contribution in [-0.2, 0) is 0 Å². The van der Waals surface area contributed by atoms with E-state index in [0.29, 0.717) is 16.3 Å². The molecule has 0 spiro atoms. The first-order valence-electron chi connectivity index (χ1n) is 9.79. The summed E-state index contributed by atoms with van der Waals surface area (Å²) < 4.78 is 6.22. The Hall–Kier alpha value is -3.94. The molecule has 0 bridgehead atoms. The zero-order chi connectivity index (χ0) is 21.2. The largest absolute Gasteiger partial charge is 0.435 e. The molecular weight excluding hydrogens is 406 g/mol. The van der Waals surface area contributed by atoms with Crippen molar-refractivity contribution < 1.29 is 4.74 Å². The molecule has 0 aliphatic carbocycles. The van der Waals surface area contributed by atoms with Crippen molar-refractivity contribution in [3.63, 3.8) is 0 Å². The number of nitriles is 1. The lowest BCUT2D eigenvalue weighted by Gasteiger charge is -2.27. The highest BCUT2D eigenvalue weighted by atomic mass is 35.5. The van der Waals surface area contributed by atoms with Crippen molar-refractivity contribution in [2.24, 2.45) is 4.99 Å². The number of pyridine rings is 1. The van der Waals surface area contributed by atoms with Gasteiger partial charge in [0.1, 0.15) is 17.2 Å². The number of nitrogens with zero attached hydrogens (tertiary/aromatic N) is 3. The van der Waals surface area contributed by atoms with Gasteiger partial charge in [-0.1, -0.05) is 72.3 Å². The van der Waals surface area contributed by atoms with E-state index in [1.54, 1.807) is 12.4 Å². The topological polar surface area (TPSA) is 58.3 Å². The summed E-state index contributed by atoms with van der Waals surface area (Å²) in [7, 11) is 0. The van der Waals surface area contributed by atoms with Crippen molar-refractivity contribution in [2.75, 3.05) is 0 Å². The van der Waals surface area contributed by atoms with E-state index in [0.717, 1.165) is 27.6 Å². The van der Waals surface area contributed by atoms with E-state index in [-0.39, 0.29) is 11.8 Å². The normalized spacial score (nSPS) is 15.5. The molecule has 1 aromatic heterocycles. The number of ether oxygens (including phenoxy) is 1. The van der Waals surface area contributed by atoms with Gasteiger partial charge in [-0.3, -0.25) is 4.98 Å². The molecule has 3 aromatic carbocycles. The molecule has 1 atom stereocenters. The van der Waals surface area contributed by atoms with Gasteiger partial charge >= 0.3 is 0 Å². The zero-order valence-corrected chi connectivity index (χ0v) is 17.1. The van der Waals surface area contributed by atoms with Gasteiger partial charge < -0.3 is 4.74 Å². The molecule has 0 N–H and O–H groups in total. The number of aromatic nitrogens is 1. The number of aliphatic imine (C=N–C) groups is 1. The van der Waals surface area contributed by atoms with Gasteiger partial charge in [-0.15, -0.1) is 0 Å². The highest BCUT2D eigenvalue weighted by Gasteiger charge is 2.33. The fraction of sp³-hybridized carbons (Fsp3) is 0.0385. The van der Waals surface area contributed by atoms with Crippen LogP contribution in [0.15, 0.2) is 102 Å². The SMILES string of the molecule is N#CC1=C(/N=C/c2ccccc2)Oc2c(ccc3cccnc23)C1c1ccc(Cl)cc1. The van der Waals surface area contributed by atoms with E-state index in [1.165, 1.54) is 0 Å². The summed E-state index contributed by atoms with van der Waals surface area (Å²) in [5.41, 5.74) is 3.92. The molecule has 5 heteroatoms. The third-order valence-electron chi connectivity index (χ3n) is 5.24. The Morgan fingerprint density at radius 1 is 0.968 bits per heavy atom. The highest BCUT2D eigenvalue weighted by molar-refractivity contribution is 6.30. The molecule has 0 radical (unpaired) electrons. The quantitative estimate of drug-likeness (QED) is 0.366.